The first kappa shape index (κ1) is 22.8. The molecule has 2 atom stereocenters. The summed E-state index contributed by atoms with van der Waals surface area (Å²) in [5.41, 5.74) is 3.10. The minimum Gasteiger partial charge on any atom is -0.347 e. The molecular formula is C28H27N7O2. The third-order valence-corrected chi connectivity index (χ3v) is 7.14. The summed E-state index contributed by atoms with van der Waals surface area (Å²) < 4.78 is 5.01. The average molecular weight is 494 g/mol. The number of benzene rings is 2. The molecule has 186 valence electrons. The molecule has 0 unspecified atom stereocenters. The Labute approximate surface area is 213 Å². The van der Waals surface area contributed by atoms with E-state index < -0.39 is 0 Å². The van der Waals surface area contributed by atoms with E-state index in [0.717, 1.165) is 17.0 Å². The van der Waals surface area contributed by atoms with Gasteiger partial charge in [0, 0.05) is 32.0 Å². The Balaban J connectivity index is 1.31. The minimum atomic E-state index is -0.357. The van der Waals surface area contributed by atoms with Crippen LogP contribution in [-0.4, -0.2) is 42.5 Å². The van der Waals surface area contributed by atoms with Crippen LogP contribution >= 0.6 is 0 Å². The fourth-order valence-electron chi connectivity index (χ4n) is 5.23. The molecule has 1 aliphatic rings. The fourth-order valence-corrected chi connectivity index (χ4v) is 5.23. The maximum absolute atomic E-state index is 13.5. The zero-order valence-corrected chi connectivity index (χ0v) is 20.7. The Morgan fingerprint density at radius 1 is 1.00 bits per heavy atom. The molecule has 0 saturated carbocycles. The second-order valence-corrected chi connectivity index (χ2v) is 9.34. The van der Waals surface area contributed by atoms with Crippen LogP contribution in [0.1, 0.15) is 34.1 Å². The molecule has 1 amide bonds. The quantitative estimate of drug-likeness (QED) is 0.406. The molecule has 1 N–H and O–H groups in total. The van der Waals surface area contributed by atoms with Crippen LogP contribution in [0.3, 0.4) is 0 Å². The Hall–Kier alpha value is -4.66. The van der Waals surface area contributed by atoms with Gasteiger partial charge in [0.15, 0.2) is 5.65 Å². The SMILES string of the molecule is Cc1c(C(=O)N[C@H]2C[C@H](c3ccccc3)N(c3ccc4nccn4n3)C2)c(=O)n(-c2ccccc2)n1C. The number of para-hydroxylation sites is 1. The van der Waals surface area contributed by atoms with Gasteiger partial charge in [0.2, 0.25) is 0 Å². The topological polar surface area (TPSA) is 89.5 Å². The number of nitrogens with one attached hydrogen (secondary N) is 1. The molecule has 37 heavy (non-hydrogen) atoms. The van der Waals surface area contributed by atoms with Crippen LogP contribution in [0.4, 0.5) is 5.82 Å². The zero-order chi connectivity index (χ0) is 25.5. The van der Waals surface area contributed by atoms with Gasteiger partial charge in [-0.2, -0.15) is 0 Å². The first-order valence-corrected chi connectivity index (χ1v) is 12.3. The highest BCUT2D eigenvalue weighted by Crippen LogP contribution is 2.35. The molecule has 1 fully saturated rings. The van der Waals surface area contributed by atoms with E-state index in [4.69, 9.17) is 5.10 Å². The molecule has 5 aromatic rings. The van der Waals surface area contributed by atoms with Crippen molar-refractivity contribution in [1.82, 2.24) is 29.3 Å². The maximum atomic E-state index is 13.5. The number of anilines is 1. The second kappa shape index (κ2) is 9.09. The minimum absolute atomic E-state index is 0.0258. The number of hydrogen-bond acceptors (Lipinski definition) is 5. The number of rotatable bonds is 5. The largest absolute Gasteiger partial charge is 0.347 e. The third kappa shape index (κ3) is 3.98. The van der Waals surface area contributed by atoms with Crippen molar-refractivity contribution in [3.63, 3.8) is 0 Å². The fraction of sp³-hybridized carbons (Fsp3) is 0.214. The maximum Gasteiger partial charge on any atom is 0.284 e. The number of imidazole rings is 1. The average Bonchev–Trinajstić information content (AvgIpc) is 3.61. The first-order chi connectivity index (χ1) is 18.0. The zero-order valence-electron chi connectivity index (χ0n) is 20.7. The van der Waals surface area contributed by atoms with E-state index in [1.165, 1.54) is 4.68 Å². The standard InChI is InChI=1S/C28H27N7O2/c1-19-26(28(37)35(32(19)2)22-11-7-4-8-12-22)27(36)30-21-17-23(20-9-5-3-6-10-20)33(18-21)25-14-13-24-29-15-16-34(24)31-25/h3-16,21,23H,17-18H2,1-2H3,(H,30,36)/t21-,23+/m0/s1. The molecular weight excluding hydrogens is 466 g/mol. The summed E-state index contributed by atoms with van der Waals surface area (Å²) in [5.74, 6) is 0.447. The number of amides is 1. The van der Waals surface area contributed by atoms with Gasteiger partial charge in [0.05, 0.1) is 17.4 Å². The number of fused-ring (bicyclic) bond motifs is 1. The van der Waals surface area contributed by atoms with E-state index in [2.05, 4.69) is 27.3 Å². The van der Waals surface area contributed by atoms with E-state index in [1.807, 2.05) is 66.9 Å². The Morgan fingerprint density at radius 2 is 1.73 bits per heavy atom. The second-order valence-electron chi connectivity index (χ2n) is 9.34. The van der Waals surface area contributed by atoms with Gasteiger partial charge in [0.1, 0.15) is 11.4 Å². The normalized spacial score (nSPS) is 17.4. The summed E-state index contributed by atoms with van der Waals surface area (Å²) in [6.45, 7) is 2.37. The summed E-state index contributed by atoms with van der Waals surface area (Å²) in [4.78, 5) is 33.3. The Kier molecular flexibility index (Phi) is 5.60. The van der Waals surface area contributed by atoms with Gasteiger partial charge in [-0.1, -0.05) is 48.5 Å². The first-order valence-electron chi connectivity index (χ1n) is 12.3. The summed E-state index contributed by atoms with van der Waals surface area (Å²) in [6, 6.07) is 23.3. The molecule has 0 aliphatic carbocycles. The van der Waals surface area contributed by atoms with E-state index in [9.17, 15) is 9.59 Å². The van der Waals surface area contributed by atoms with Gasteiger partial charge < -0.3 is 10.2 Å². The monoisotopic (exact) mass is 493 g/mol. The highest BCUT2D eigenvalue weighted by molar-refractivity contribution is 5.95. The van der Waals surface area contributed by atoms with Crippen LogP contribution in [0.5, 0.6) is 0 Å². The van der Waals surface area contributed by atoms with E-state index in [-0.39, 0.29) is 29.1 Å². The van der Waals surface area contributed by atoms with Crippen LogP contribution in [-0.2, 0) is 7.05 Å². The predicted molar refractivity (Wildman–Crippen MR) is 141 cm³/mol. The highest BCUT2D eigenvalue weighted by Gasteiger charge is 2.36. The van der Waals surface area contributed by atoms with Gasteiger partial charge in [-0.3, -0.25) is 14.3 Å². The van der Waals surface area contributed by atoms with Crippen LogP contribution in [0.15, 0.2) is 90.0 Å². The summed E-state index contributed by atoms with van der Waals surface area (Å²) in [6.07, 6.45) is 4.23. The molecule has 1 saturated heterocycles. The Morgan fingerprint density at radius 3 is 2.49 bits per heavy atom. The van der Waals surface area contributed by atoms with Crippen LogP contribution in [0, 0.1) is 6.92 Å². The highest BCUT2D eigenvalue weighted by atomic mass is 16.2. The number of carbonyl (C=O) groups is 1. The van der Waals surface area contributed by atoms with Gasteiger partial charge in [-0.05, 0) is 43.2 Å². The molecule has 6 rings (SSSR count). The molecule has 1 aliphatic heterocycles. The lowest BCUT2D eigenvalue weighted by Gasteiger charge is -2.25. The molecule has 0 radical (unpaired) electrons. The number of hydrogen-bond donors (Lipinski definition) is 1. The van der Waals surface area contributed by atoms with E-state index >= 15 is 0 Å². The van der Waals surface area contributed by atoms with E-state index in [0.29, 0.717) is 24.3 Å². The number of carbonyl (C=O) groups excluding carboxylic acids is 1. The molecule has 3 aromatic heterocycles. The summed E-state index contributed by atoms with van der Waals surface area (Å²) >= 11 is 0. The van der Waals surface area contributed by atoms with Crippen molar-refractivity contribution >= 4 is 17.4 Å². The van der Waals surface area contributed by atoms with Gasteiger partial charge >= 0.3 is 0 Å². The van der Waals surface area contributed by atoms with Crippen molar-refractivity contribution in [3.8, 4) is 5.69 Å². The van der Waals surface area contributed by atoms with Crippen LogP contribution in [0.2, 0.25) is 0 Å². The lowest BCUT2D eigenvalue weighted by atomic mass is 10.0. The molecule has 0 spiro atoms. The molecule has 9 nitrogen and oxygen atoms in total. The van der Waals surface area contributed by atoms with E-state index in [1.54, 1.807) is 29.4 Å². The van der Waals surface area contributed by atoms with Crippen molar-refractivity contribution in [1.29, 1.82) is 0 Å². The van der Waals surface area contributed by atoms with Gasteiger partial charge in [0.25, 0.3) is 11.5 Å². The number of nitrogens with zero attached hydrogens (tertiary/aromatic N) is 6. The van der Waals surface area contributed by atoms with Crippen LogP contribution < -0.4 is 15.8 Å². The van der Waals surface area contributed by atoms with Crippen molar-refractivity contribution < 1.29 is 4.79 Å². The molecule has 9 heteroatoms. The Bertz CT molecular complexity index is 1640. The molecule has 4 heterocycles. The summed E-state index contributed by atoms with van der Waals surface area (Å²) in [5, 5.41) is 7.90. The van der Waals surface area contributed by atoms with Crippen molar-refractivity contribution in [2.24, 2.45) is 7.05 Å². The van der Waals surface area contributed by atoms with Gasteiger partial charge in [-0.15, -0.1) is 5.10 Å². The predicted octanol–water partition coefficient (Wildman–Crippen LogP) is 3.28. The van der Waals surface area contributed by atoms with Gasteiger partial charge in [-0.25, -0.2) is 14.2 Å². The third-order valence-electron chi connectivity index (χ3n) is 7.14. The number of aromatic nitrogens is 5. The van der Waals surface area contributed by atoms with Crippen LogP contribution in [0.25, 0.3) is 11.3 Å². The smallest absolute Gasteiger partial charge is 0.284 e. The lowest BCUT2D eigenvalue weighted by Crippen LogP contribution is -2.39. The molecule has 2 aromatic carbocycles. The van der Waals surface area contributed by atoms with Crippen molar-refractivity contribution in [2.45, 2.75) is 25.4 Å². The van der Waals surface area contributed by atoms with Crippen molar-refractivity contribution in [2.75, 3.05) is 11.4 Å². The lowest BCUT2D eigenvalue weighted by molar-refractivity contribution is 0.0938. The summed E-state index contributed by atoms with van der Waals surface area (Å²) in [7, 11) is 1.79. The van der Waals surface area contributed by atoms with Crippen molar-refractivity contribution in [3.05, 3.63) is 112 Å². The molecule has 0 bridgehead atoms.